The van der Waals surface area contributed by atoms with Gasteiger partial charge in [-0.2, -0.15) is 0 Å². The van der Waals surface area contributed by atoms with Crippen molar-refractivity contribution in [2.24, 2.45) is 5.73 Å². The van der Waals surface area contributed by atoms with E-state index in [1.165, 1.54) is 11.3 Å². The summed E-state index contributed by atoms with van der Waals surface area (Å²) in [5.41, 5.74) is 5.70. The molecular formula is C13H25N3O2S2. The topological polar surface area (TPSA) is 67.6 Å². The van der Waals surface area contributed by atoms with Crippen molar-refractivity contribution in [1.29, 1.82) is 0 Å². The lowest BCUT2D eigenvalue weighted by atomic mass is 10.2. The second-order valence-corrected chi connectivity index (χ2v) is 6.81. The molecule has 3 N–H and O–H groups in total. The van der Waals surface area contributed by atoms with Gasteiger partial charge in [-0.25, -0.2) is 0 Å². The van der Waals surface area contributed by atoms with E-state index in [-0.39, 0.29) is 17.5 Å². The average molecular weight is 319 g/mol. The number of hydrogen-bond donors (Lipinski definition) is 2. The number of methoxy groups -OCH3 is 1. The highest BCUT2D eigenvalue weighted by Gasteiger charge is 2.31. The third-order valence-corrected chi connectivity index (χ3v) is 5.24. The summed E-state index contributed by atoms with van der Waals surface area (Å²) in [6.45, 7) is 5.90. The highest BCUT2D eigenvalue weighted by Crippen LogP contribution is 2.33. The quantitative estimate of drug-likeness (QED) is 0.748. The van der Waals surface area contributed by atoms with Gasteiger partial charge in [0.2, 0.25) is 0 Å². The Bertz CT molecular complexity index is 340. The Labute approximate surface area is 130 Å². The van der Waals surface area contributed by atoms with Crippen LogP contribution in [0.15, 0.2) is 10.4 Å². The lowest BCUT2D eigenvalue weighted by Crippen LogP contribution is -2.38. The Hall–Kier alpha value is -0.370. The summed E-state index contributed by atoms with van der Waals surface area (Å²) in [4.78, 5) is 13.8. The first kappa shape index (κ1) is 17.7. The number of likely N-dealkylation sites (tertiary alicyclic amines) is 1. The molecule has 0 spiro atoms. The maximum absolute atomic E-state index is 11.6. The molecule has 0 aromatic carbocycles. The largest absolute Gasteiger partial charge is 0.468 e. The monoisotopic (exact) mass is 319 g/mol. The predicted octanol–water partition coefficient (Wildman–Crippen LogP) is 1.76. The second kappa shape index (κ2) is 9.55. The van der Waals surface area contributed by atoms with E-state index in [1.807, 2.05) is 20.0 Å². The zero-order valence-electron chi connectivity index (χ0n) is 12.4. The molecule has 0 radical (unpaired) electrons. The fourth-order valence-electron chi connectivity index (χ4n) is 2.18. The minimum absolute atomic E-state index is 0.0119. The zero-order valence-corrected chi connectivity index (χ0v) is 14.1. The van der Waals surface area contributed by atoms with Crippen molar-refractivity contribution >= 4 is 29.5 Å². The first-order valence-corrected chi connectivity index (χ1v) is 8.90. The van der Waals surface area contributed by atoms with Crippen LogP contribution in [-0.2, 0) is 9.53 Å². The third-order valence-electron chi connectivity index (χ3n) is 3.07. The van der Waals surface area contributed by atoms with Crippen LogP contribution in [-0.4, -0.2) is 48.4 Å². The van der Waals surface area contributed by atoms with Crippen LogP contribution in [0.3, 0.4) is 0 Å². The molecule has 1 saturated heterocycles. The Balaban J connectivity index is 0.000000956. The van der Waals surface area contributed by atoms with Gasteiger partial charge in [0, 0.05) is 18.5 Å². The number of nitrogens with one attached hydrogen (secondary N) is 1. The third kappa shape index (κ3) is 5.20. The molecule has 5 nitrogen and oxygen atoms in total. The van der Waals surface area contributed by atoms with Gasteiger partial charge in [-0.1, -0.05) is 25.6 Å². The highest BCUT2D eigenvalue weighted by atomic mass is 32.2. The molecule has 0 aliphatic carbocycles. The second-order valence-electron chi connectivity index (χ2n) is 4.23. The lowest BCUT2D eigenvalue weighted by molar-refractivity contribution is -0.145. The predicted molar refractivity (Wildman–Crippen MR) is 87.2 cm³/mol. The molecule has 116 valence electrons. The molecule has 2 aliphatic heterocycles. The van der Waals surface area contributed by atoms with Gasteiger partial charge in [-0.15, -0.1) is 11.8 Å². The summed E-state index contributed by atoms with van der Waals surface area (Å²) in [7, 11) is 1.46. The van der Waals surface area contributed by atoms with Crippen molar-refractivity contribution in [1.82, 2.24) is 10.2 Å². The van der Waals surface area contributed by atoms with Gasteiger partial charge >= 0.3 is 5.97 Å². The number of ether oxygens (including phenoxy) is 1. The molecule has 20 heavy (non-hydrogen) atoms. The van der Waals surface area contributed by atoms with E-state index < -0.39 is 0 Å². The number of carbonyl (C=O) groups is 1. The van der Waals surface area contributed by atoms with Gasteiger partial charge in [-0.3, -0.25) is 9.69 Å². The van der Waals surface area contributed by atoms with Crippen molar-refractivity contribution in [2.75, 3.05) is 26.0 Å². The van der Waals surface area contributed by atoms with Crippen molar-refractivity contribution in [3.63, 3.8) is 0 Å². The normalized spacial score (nSPS) is 25.5. The summed E-state index contributed by atoms with van der Waals surface area (Å²) in [5, 5.41) is 3.05. The fraction of sp³-hybridized carbons (Fsp3) is 0.769. The first-order chi connectivity index (χ1) is 9.70. The SMILES string of the molecule is CC.COC(=O)C1CCCN1CCSC1=CNC(N)S1. The van der Waals surface area contributed by atoms with E-state index in [1.54, 1.807) is 23.5 Å². The molecule has 0 aromatic heterocycles. The highest BCUT2D eigenvalue weighted by molar-refractivity contribution is 8.22. The minimum Gasteiger partial charge on any atom is -0.468 e. The van der Waals surface area contributed by atoms with Crippen LogP contribution in [0.4, 0.5) is 0 Å². The number of esters is 1. The maximum Gasteiger partial charge on any atom is 0.323 e. The molecule has 2 heterocycles. The van der Waals surface area contributed by atoms with Crippen LogP contribution in [0, 0.1) is 0 Å². The van der Waals surface area contributed by atoms with Crippen LogP contribution in [0.25, 0.3) is 0 Å². The van der Waals surface area contributed by atoms with E-state index in [4.69, 9.17) is 10.5 Å². The molecule has 2 rings (SSSR count). The minimum atomic E-state index is -0.101. The van der Waals surface area contributed by atoms with Crippen LogP contribution in [0.2, 0.25) is 0 Å². The molecule has 1 fully saturated rings. The van der Waals surface area contributed by atoms with Gasteiger partial charge in [-0.05, 0) is 19.4 Å². The Morgan fingerprint density at radius 1 is 1.65 bits per heavy atom. The number of hydrogen-bond acceptors (Lipinski definition) is 7. The molecule has 2 atom stereocenters. The first-order valence-electron chi connectivity index (χ1n) is 7.04. The Morgan fingerprint density at radius 2 is 2.40 bits per heavy atom. The standard InChI is InChI=1S/C11H19N3O2S2.C2H6/c1-16-10(15)8-3-2-4-14(8)5-6-17-9-7-13-11(12)18-9;1-2/h7-8,11,13H,2-6,12H2,1H3;1-2H3. The average Bonchev–Trinajstić information content (AvgIpc) is 3.09. The van der Waals surface area contributed by atoms with Crippen molar-refractivity contribution in [3.05, 3.63) is 10.4 Å². The van der Waals surface area contributed by atoms with Crippen molar-refractivity contribution in [3.8, 4) is 0 Å². The van der Waals surface area contributed by atoms with Crippen LogP contribution >= 0.6 is 23.5 Å². The molecule has 0 aromatic rings. The Morgan fingerprint density at radius 3 is 3.00 bits per heavy atom. The summed E-state index contributed by atoms with van der Waals surface area (Å²) < 4.78 is 6.05. The van der Waals surface area contributed by atoms with E-state index in [0.29, 0.717) is 0 Å². The molecule has 0 bridgehead atoms. The van der Waals surface area contributed by atoms with Crippen LogP contribution < -0.4 is 11.1 Å². The van der Waals surface area contributed by atoms with Crippen LogP contribution in [0.5, 0.6) is 0 Å². The number of thioether (sulfide) groups is 2. The Kier molecular flexibility index (Phi) is 8.44. The van der Waals surface area contributed by atoms with Crippen molar-refractivity contribution in [2.45, 2.75) is 38.2 Å². The van der Waals surface area contributed by atoms with E-state index >= 15 is 0 Å². The molecule has 0 saturated carbocycles. The number of nitrogens with two attached hydrogens (primary N) is 1. The van der Waals surface area contributed by atoms with E-state index in [0.717, 1.165) is 31.7 Å². The molecule has 7 heteroatoms. The summed E-state index contributed by atoms with van der Waals surface area (Å²) >= 11 is 3.42. The van der Waals surface area contributed by atoms with Gasteiger partial charge in [0.05, 0.1) is 11.3 Å². The van der Waals surface area contributed by atoms with E-state index in [9.17, 15) is 4.79 Å². The van der Waals surface area contributed by atoms with Crippen LogP contribution in [0.1, 0.15) is 26.7 Å². The maximum atomic E-state index is 11.6. The molecular weight excluding hydrogens is 294 g/mol. The van der Waals surface area contributed by atoms with Gasteiger partial charge in [0.15, 0.2) is 0 Å². The smallest absolute Gasteiger partial charge is 0.323 e. The van der Waals surface area contributed by atoms with E-state index in [2.05, 4.69) is 10.2 Å². The zero-order chi connectivity index (χ0) is 15.0. The van der Waals surface area contributed by atoms with Gasteiger partial charge < -0.3 is 15.8 Å². The van der Waals surface area contributed by atoms with Crippen molar-refractivity contribution < 1.29 is 9.53 Å². The molecule has 2 aliphatic rings. The van der Waals surface area contributed by atoms with Gasteiger partial charge in [0.25, 0.3) is 0 Å². The molecule has 2 unspecified atom stereocenters. The van der Waals surface area contributed by atoms with Gasteiger partial charge in [0.1, 0.15) is 11.5 Å². The molecule has 0 amide bonds. The lowest BCUT2D eigenvalue weighted by Gasteiger charge is -2.21. The summed E-state index contributed by atoms with van der Waals surface area (Å²) in [5.74, 6) is 0.872. The fourth-order valence-corrected chi connectivity index (χ4v) is 4.21. The number of carbonyl (C=O) groups excluding carboxylic acids is 1. The summed E-state index contributed by atoms with van der Waals surface area (Å²) in [6, 6.07) is -0.0406. The number of rotatable bonds is 5. The number of nitrogens with zero attached hydrogens (tertiary/aromatic N) is 1. The summed E-state index contributed by atoms with van der Waals surface area (Å²) in [6.07, 6.45) is 3.96.